The highest BCUT2D eigenvalue weighted by atomic mass is 79.9. The van der Waals surface area contributed by atoms with Gasteiger partial charge in [-0.25, -0.2) is 12.8 Å². The molecule has 0 bridgehead atoms. The highest BCUT2D eigenvalue weighted by molar-refractivity contribution is 9.10. The summed E-state index contributed by atoms with van der Waals surface area (Å²) in [4.78, 5) is -0.846. The fourth-order valence-electron chi connectivity index (χ4n) is 1.14. The summed E-state index contributed by atoms with van der Waals surface area (Å²) in [6.45, 7) is 0.631. The van der Waals surface area contributed by atoms with Gasteiger partial charge in [0.2, 0.25) is 10.0 Å². The molecule has 0 saturated carbocycles. The summed E-state index contributed by atoms with van der Waals surface area (Å²) in [6.07, 6.45) is -3.90. The molecule has 4 nitrogen and oxygen atoms in total. The maximum atomic E-state index is 13.4. The van der Waals surface area contributed by atoms with Gasteiger partial charge in [0.1, 0.15) is 15.5 Å². The Labute approximate surface area is 109 Å². The van der Waals surface area contributed by atoms with E-state index in [1.807, 2.05) is 0 Å². The molecule has 1 rings (SSSR count). The molecule has 0 aliphatic carbocycles. The van der Waals surface area contributed by atoms with Crippen LogP contribution < -0.4 is 4.72 Å². The Hall–Kier alpha value is -0.610. The van der Waals surface area contributed by atoms with Crippen LogP contribution in [-0.4, -0.2) is 25.2 Å². The second-order valence-electron chi connectivity index (χ2n) is 3.59. The van der Waals surface area contributed by atoms with Gasteiger partial charge in [-0.05, 0) is 22.9 Å². The van der Waals surface area contributed by atoms with Gasteiger partial charge < -0.3 is 4.57 Å². The van der Waals surface area contributed by atoms with Crippen molar-refractivity contribution in [1.82, 2.24) is 9.29 Å². The minimum atomic E-state index is -4.75. The molecular formula is C8H9BrF4N2O2S. The van der Waals surface area contributed by atoms with Crippen LogP contribution in [0.5, 0.6) is 0 Å². The Kier molecular flexibility index (Phi) is 4.13. The molecule has 1 aromatic rings. The largest absolute Gasteiger partial charge is 0.404 e. The SMILES string of the molecule is C[C@@H](NS(=O)(=O)c1c(F)cn(C)c1Br)C(F)(F)F. The summed E-state index contributed by atoms with van der Waals surface area (Å²) in [7, 11) is -3.25. The first-order valence-electron chi connectivity index (χ1n) is 4.56. The zero-order valence-corrected chi connectivity index (χ0v) is 11.6. The van der Waals surface area contributed by atoms with Crippen LogP contribution in [0.25, 0.3) is 0 Å². The quantitative estimate of drug-likeness (QED) is 0.847. The van der Waals surface area contributed by atoms with E-state index in [0.29, 0.717) is 6.92 Å². The standard InChI is InChI=1S/C8H9BrF4N2O2S/c1-4(8(11,12)13)14-18(16,17)6-5(10)3-15(2)7(6)9/h3-4,14H,1-2H3/t4-/m1/s1. The minimum Gasteiger partial charge on any atom is -0.341 e. The lowest BCUT2D eigenvalue weighted by Crippen LogP contribution is -2.43. The van der Waals surface area contributed by atoms with Crippen molar-refractivity contribution in [1.29, 1.82) is 0 Å². The van der Waals surface area contributed by atoms with Crippen molar-refractivity contribution in [2.24, 2.45) is 7.05 Å². The van der Waals surface area contributed by atoms with Crippen LogP contribution in [0, 0.1) is 5.82 Å². The van der Waals surface area contributed by atoms with Gasteiger partial charge in [0.05, 0.1) is 0 Å². The number of aromatic nitrogens is 1. The molecule has 0 fully saturated rings. The zero-order chi connectivity index (χ0) is 14.3. The average molecular weight is 353 g/mol. The highest BCUT2D eigenvalue weighted by Gasteiger charge is 2.40. The Morgan fingerprint density at radius 2 is 1.94 bits per heavy atom. The number of nitrogens with one attached hydrogen (secondary N) is 1. The van der Waals surface area contributed by atoms with Crippen molar-refractivity contribution in [2.45, 2.75) is 24.0 Å². The topological polar surface area (TPSA) is 51.1 Å². The molecular weight excluding hydrogens is 344 g/mol. The second kappa shape index (κ2) is 4.82. The number of aryl methyl sites for hydroxylation is 1. The van der Waals surface area contributed by atoms with Gasteiger partial charge in [-0.1, -0.05) is 0 Å². The molecule has 0 radical (unpaired) electrons. The molecule has 1 aromatic heterocycles. The molecule has 10 heteroatoms. The Morgan fingerprint density at radius 3 is 2.28 bits per heavy atom. The molecule has 0 unspecified atom stereocenters. The number of hydrogen-bond acceptors (Lipinski definition) is 2. The molecule has 0 spiro atoms. The molecule has 104 valence electrons. The smallest absolute Gasteiger partial charge is 0.341 e. The van der Waals surface area contributed by atoms with E-state index < -0.39 is 33.0 Å². The first kappa shape index (κ1) is 15.4. The fraction of sp³-hybridized carbons (Fsp3) is 0.500. The molecule has 18 heavy (non-hydrogen) atoms. The van der Waals surface area contributed by atoms with Gasteiger partial charge in [0.25, 0.3) is 0 Å². The molecule has 0 aliphatic rings. The predicted octanol–water partition coefficient (Wildman–Crippen LogP) is 2.16. The van der Waals surface area contributed by atoms with E-state index in [-0.39, 0.29) is 4.60 Å². The van der Waals surface area contributed by atoms with Crippen LogP contribution in [0.1, 0.15) is 6.92 Å². The van der Waals surface area contributed by atoms with Crippen LogP contribution in [-0.2, 0) is 17.1 Å². The number of alkyl halides is 3. The number of rotatable bonds is 3. The van der Waals surface area contributed by atoms with Crippen LogP contribution in [0.3, 0.4) is 0 Å². The first-order valence-corrected chi connectivity index (χ1v) is 6.84. The summed E-state index contributed by atoms with van der Waals surface area (Å²) in [5, 5.41) is 0. The van der Waals surface area contributed by atoms with Gasteiger partial charge in [-0.3, -0.25) is 0 Å². The van der Waals surface area contributed by atoms with Crippen molar-refractivity contribution in [2.75, 3.05) is 0 Å². The second-order valence-corrected chi connectivity index (χ2v) is 5.99. The van der Waals surface area contributed by atoms with Crippen LogP contribution in [0.15, 0.2) is 15.7 Å². The Bertz CT molecular complexity index is 552. The van der Waals surface area contributed by atoms with Crippen molar-refractivity contribution in [3.8, 4) is 0 Å². The normalized spacial score (nSPS) is 14.8. The van der Waals surface area contributed by atoms with Gasteiger partial charge in [0, 0.05) is 13.2 Å². The number of sulfonamides is 1. The zero-order valence-electron chi connectivity index (χ0n) is 9.22. The van der Waals surface area contributed by atoms with Gasteiger partial charge in [-0.2, -0.15) is 17.9 Å². The lowest BCUT2D eigenvalue weighted by atomic mass is 10.4. The maximum absolute atomic E-state index is 13.4. The van der Waals surface area contributed by atoms with Crippen molar-refractivity contribution < 1.29 is 26.0 Å². The summed E-state index contributed by atoms with van der Waals surface area (Å²) >= 11 is 2.80. The van der Waals surface area contributed by atoms with Gasteiger partial charge in [-0.15, -0.1) is 0 Å². The maximum Gasteiger partial charge on any atom is 0.404 e. The van der Waals surface area contributed by atoms with E-state index in [2.05, 4.69) is 15.9 Å². The number of halogens is 5. The molecule has 1 atom stereocenters. The van der Waals surface area contributed by atoms with Gasteiger partial charge >= 0.3 is 6.18 Å². The first-order chi connectivity index (χ1) is 7.97. The minimum absolute atomic E-state index is 0.165. The predicted molar refractivity (Wildman–Crippen MR) is 58.9 cm³/mol. The van der Waals surface area contributed by atoms with Crippen LogP contribution in [0.4, 0.5) is 17.6 Å². The number of nitrogens with zero attached hydrogens (tertiary/aromatic N) is 1. The summed E-state index contributed by atoms with van der Waals surface area (Å²) in [6, 6.07) is -2.31. The lowest BCUT2D eigenvalue weighted by Gasteiger charge is -2.17. The molecule has 0 aromatic carbocycles. The van der Waals surface area contributed by atoms with Crippen LogP contribution in [0.2, 0.25) is 0 Å². The van der Waals surface area contributed by atoms with Crippen molar-refractivity contribution >= 4 is 26.0 Å². The van der Waals surface area contributed by atoms with Crippen molar-refractivity contribution in [3.63, 3.8) is 0 Å². The van der Waals surface area contributed by atoms with E-state index >= 15 is 0 Å². The molecule has 0 amide bonds. The summed E-state index contributed by atoms with van der Waals surface area (Å²) in [5.74, 6) is -1.13. The third-order valence-corrected chi connectivity index (χ3v) is 4.92. The highest BCUT2D eigenvalue weighted by Crippen LogP contribution is 2.28. The summed E-state index contributed by atoms with van der Waals surface area (Å²) < 4.78 is 75.8. The monoisotopic (exact) mass is 352 g/mol. The third-order valence-electron chi connectivity index (χ3n) is 2.11. The Morgan fingerprint density at radius 1 is 1.44 bits per heavy atom. The fourth-order valence-corrected chi connectivity index (χ4v) is 3.46. The van der Waals surface area contributed by atoms with E-state index in [9.17, 15) is 26.0 Å². The molecule has 0 saturated heterocycles. The average Bonchev–Trinajstić information content (AvgIpc) is 2.38. The van der Waals surface area contributed by atoms with E-state index in [1.165, 1.54) is 11.8 Å². The van der Waals surface area contributed by atoms with Crippen LogP contribution >= 0.6 is 15.9 Å². The molecule has 1 heterocycles. The third kappa shape index (κ3) is 3.04. The van der Waals surface area contributed by atoms with E-state index in [4.69, 9.17) is 0 Å². The lowest BCUT2D eigenvalue weighted by molar-refractivity contribution is -0.147. The van der Waals surface area contributed by atoms with Crippen molar-refractivity contribution in [3.05, 3.63) is 16.6 Å². The summed E-state index contributed by atoms with van der Waals surface area (Å²) in [5.41, 5.74) is 0. The molecule has 0 aliphatic heterocycles. The Balaban J connectivity index is 3.16. The number of hydrogen-bond donors (Lipinski definition) is 1. The van der Waals surface area contributed by atoms with Gasteiger partial charge in [0.15, 0.2) is 5.82 Å². The molecule has 1 N–H and O–H groups in total. The van der Waals surface area contributed by atoms with E-state index in [1.54, 1.807) is 0 Å². The van der Waals surface area contributed by atoms with E-state index in [0.717, 1.165) is 10.8 Å².